The summed E-state index contributed by atoms with van der Waals surface area (Å²) in [7, 11) is 0. The van der Waals surface area contributed by atoms with Crippen molar-refractivity contribution in [3.8, 4) is 0 Å². The molecule has 158 valence electrons. The average molecular weight is 416 g/mol. The summed E-state index contributed by atoms with van der Waals surface area (Å²) in [6, 6.07) is 43.8. The lowest BCUT2D eigenvalue weighted by Gasteiger charge is -2.48. The van der Waals surface area contributed by atoms with Crippen molar-refractivity contribution in [3.63, 3.8) is 0 Å². The summed E-state index contributed by atoms with van der Waals surface area (Å²) in [6.45, 7) is 2.01. The van der Waals surface area contributed by atoms with E-state index in [0.717, 1.165) is 25.9 Å². The Balaban J connectivity index is 1.68. The average Bonchev–Trinajstić information content (AvgIpc) is 2.88. The maximum atomic E-state index is 2.69. The van der Waals surface area contributed by atoms with E-state index in [1.54, 1.807) is 0 Å². The van der Waals surface area contributed by atoms with Gasteiger partial charge >= 0.3 is 0 Å². The molecule has 0 atom stereocenters. The van der Waals surface area contributed by atoms with E-state index in [0.29, 0.717) is 0 Å². The van der Waals surface area contributed by atoms with Gasteiger partial charge in [-0.15, -0.1) is 0 Å². The molecule has 1 saturated heterocycles. The van der Waals surface area contributed by atoms with Crippen molar-refractivity contribution in [2.45, 2.75) is 18.4 Å². The first-order chi connectivity index (χ1) is 15.9. The van der Waals surface area contributed by atoms with Crippen LogP contribution in [0.2, 0.25) is 0 Å². The minimum absolute atomic E-state index is 0.333. The summed E-state index contributed by atoms with van der Waals surface area (Å²) in [5.41, 5.74) is 6.40. The third kappa shape index (κ3) is 3.92. The van der Waals surface area contributed by atoms with Gasteiger partial charge in [-0.3, -0.25) is 4.90 Å². The molecule has 0 aliphatic carbocycles. The first-order valence-electron chi connectivity index (χ1n) is 11.5. The highest BCUT2D eigenvalue weighted by Gasteiger charge is 2.42. The Hall–Kier alpha value is -3.42. The fraction of sp³-hybridized carbons (Fsp3) is 0.161. The Labute approximate surface area is 191 Å². The van der Waals surface area contributed by atoms with Crippen molar-refractivity contribution in [1.29, 1.82) is 0 Å². The third-order valence-corrected chi connectivity index (χ3v) is 6.54. The van der Waals surface area contributed by atoms with Crippen molar-refractivity contribution < 1.29 is 0 Å². The van der Waals surface area contributed by atoms with Crippen LogP contribution in [0.3, 0.4) is 0 Å². The number of hydrogen-bond donors (Lipinski definition) is 0. The van der Waals surface area contributed by atoms with Gasteiger partial charge in [0.15, 0.2) is 0 Å². The van der Waals surface area contributed by atoms with Gasteiger partial charge in [0.1, 0.15) is 0 Å². The molecule has 1 nitrogen and oxygen atoms in total. The van der Waals surface area contributed by atoms with E-state index in [2.05, 4.69) is 132 Å². The Morgan fingerprint density at radius 3 is 1.47 bits per heavy atom. The van der Waals surface area contributed by atoms with Crippen molar-refractivity contribution in [2.24, 2.45) is 0 Å². The molecule has 0 radical (unpaired) electrons. The highest BCUT2D eigenvalue weighted by atomic mass is 15.2. The van der Waals surface area contributed by atoms with Crippen LogP contribution in [0.1, 0.15) is 35.1 Å². The summed E-state index contributed by atoms with van der Waals surface area (Å²) in [4.78, 5) is 2.69. The highest BCUT2D eigenvalue weighted by Crippen LogP contribution is 2.44. The first-order valence-corrected chi connectivity index (χ1v) is 11.5. The molecule has 0 bridgehead atoms. The Morgan fingerprint density at radius 2 is 1.00 bits per heavy atom. The van der Waals surface area contributed by atoms with Gasteiger partial charge in [-0.25, -0.2) is 0 Å². The molecular formula is C31H29N. The second-order valence-electron chi connectivity index (χ2n) is 8.55. The largest absolute Gasteiger partial charge is 0.282 e. The molecule has 4 aromatic rings. The summed E-state index contributed by atoms with van der Waals surface area (Å²) in [5.74, 6) is 0. The molecule has 1 fully saturated rings. The van der Waals surface area contributed by atoms with Crippen LogP contribution in [0.15, 0.2) is 127 Å². The normalized spacial score (nSPS) is 16.2. The SMILES string of the molecule is C(=C1/CCCN(C(c2ccccc2)(c2ccccc2)c2ccccc2)C1)/c1ccccc1. The van der Waals surface area contributed by atoms with Gasteiger partial charge in [-0.05, 0) is 35.1 Å². The number of nitrogens with zero attached hydrogens (tertiary/aromatic N) is 1. The monoisotopic (exact) mass is 415 g/mol. The van der Waals surface area contributed by atoms with Crippen LogP contribution in [0, 0.1) is 0 Å². The summed E-state index contributed by atoms with van der Waals surface area (Å²) in [6.07, 6.45) is 4.70. The van der Waals surface area contributed by atoms with Crippen LogP contribution in [0.4, 0.5) is 0 Å². The third-order valence-electron chi connectivity index (χ3n) is 6.54. The first kappa shape index (κ1) is 20.5. The Bertz CT molecular complexity index is 1050. The molecule has 0 N–H and O–H groups in total. The number of rotatable bonds is 5. The second-order valence-corrected chi connectivity index (χ2v) is 8.55. The van der Waals surface area contributed by atoms with Gasteiger partial charge in [-0.2, -0.15) is 0 Å². The van der Waals surface area contributed by atoms with Crippen LogP contribution in [-0.2, 0) is 5.54 Å². The van der Waals surface area contributed by atoms with Crippen LogP contribution in [0.5, 0.6) is 0 Å². The van der Waals surface area contributed by atoms with Crippen molar-refractivity contribution >= 4 is 6.08 Å². The molecule has 0 aromatic heterocycles. The van der Waals surface area contributed by atoms with E-state index in [9.17, 15) is 0 Å². The Morgan fingerprint density at radius 1 is 0.562 bits per heavy atom. The molecule has 0 unspecified atom stereocenters. The van der Waals surface area contributed by atoms with E-state index in [4.69, 9.17) is 0 Å². The minimum Gasteiger partial charge on any atom is -0.282 e. The zero-order chi connectivity index (χ0) is 21.6. The molecule has 0 saturated carbocycles. The molecule has 4 aromatic carbocycles. The molecule has 5 rings (SSSR count). The maximum Gasteiger partial charge on any atom is 0.0975 e. The van der Waals surface area contributed by atoms with Crippen LogP contribution >= 0.6 is 0 Å². The number of benzene rings is 4. The second kappa shape index (κ2) is 9.38. The van der Waals surface area contributed by atoms with Crippen LogP contribution < -0.4 is 0 Å². The molecule has 1 heterocycles. The summed E-state index contributed by atoms with van der Waals surface area (Å²) < 4.78 is 0. The molecule has 0 amide bonds. The zero-order valence-electron chi connectivity index (χ0n) is 18.4. The van der Waals surface area contributed by atoms with E-state index >= 15 is 0 Å². The zero-order valence-corrected chi connectivity index (χ0v) is 18.4. The van der Waals surface area contributed by atoms with Crippen molar-refractivity contribution in [1.82, 2.24) is 4.90 Å². The predicted molar refractivity (Wildman–Crippen MR) is 134 cm³/mol. The standard InChI is InChI=1S/C31H29N/c1-5-14-26(15-6-1)24-27-16-13-23-32(25-27)31(28-17-7-2-8-18-28,29-19-9-3-10-20-29)30-21-11-4-12-22-30/h1-12,14-15,17-22,24H,13,16,23,25H2/b27-24+. The fourth-order valence-corrected chi connectivity index (χ4v) is 5.18. The van der Waals surface area contributed by atoms with Gasteiger partial charge in [0.05, 0.1) is 5.54 Å². The van der Waals surface area contributed by atoms with E-state index in [1.165, 1.54) is 27.8 Å². The predicted octanol–water partition coefficient (Wildman–Crippen LogP) is 7.16. The minimum atomic E-state index is -0.333. The maximum absolute atomic E-state index is 2.69. The lowest BCUT2D eigenvalue weighted by molar-refractivity contribution is 0.153. The van der Waals surface area contributed by atoms with Crippen molar-refractivity contribution in [2.75, 3.05) is 13.1 Å². The molecule has 1 aliphatic rings. The smallest absolute Gasteiger partial charge is 0.0975 e. The number of likely N-dealkylation sites (tertiary alicyclic amines) is 1. The fourth-order valence-electron chi connectivity index (χ4n) is 5.18. The van der Waals surface area contributed by atoms with Gasteiger partial charge in [0, 0.05) is 13.1 Å². The topological polar surface area (TPSA) is 3.24 Å². The van der Waals surface area contributed by atoms with E-state index < -0.39 is 0 Å². The van der Waals surface area contributed by atoms with Crippen LogP contribution in [0.25, 0.3) is 6.08 Å². The number of hydrogen-bond acceptors (Lipinski definition) is 1. The molecule has 1 heteroatoms. The van der Waals surface area contributed by atoms with E-state index in [-0.39, 0.29) is 5.54 Å². The van der Waals surface area contributed by atoms with Crippen molar-refractivity contribution in [3.05, 3.63) is 149 Å². The van der Waals surface area contributed by atoms with Gasteiger partial charge in [0.2, 0.25) is 0 Å². The molecular weight excluding hydrogens is 386 g/mol. The van der Waals surface area contributed by atoms with Gasteiger partial charge in [-0.1, -0.05) is 133 Å². The highest BCUT2D eigenvalue weighted by molar-refractivity contribution is 5.55. The van der Waals surface area contributed by atoms with Gasteiger partial charge in [0.25, 0.3) is 0 Å². The molecule has 1 aliphatic heterocycles. The summed E-state index contributed by atoms with van der Waals surface area (Å²) >= 11 is 0. The number of piperidine rings is 1. The molecule has 32 heavy (non-hydrogen) atoms. The Kier molecular flexibility index (Phi) is 6.00. The summed E-state index contributed by atoms with van der Waals surface area (Å²) in [5, 5.41) is 0. The quantitative estimate of drug-likeness (QED) is 0.313. The van der Waals surface area contributed by atoms with E-state index in [1.807, 2.05) is 0 Å². The lowest BCUT2D eigenvalue weighted by Crippen LogP contribution is -2.50. The van der Waals surface area contributed by atoms with Gasteiger partial charge < -0.3 is 0 Å². The lowest BCUT2D eigenvalue weighted by atomic mass is 9.74. The molecule has 0 spiro atoms. The van der Waals surface area contributed by atoms with Crippen LogP contribution in [-0.4, -0.2) is 18.0 Å².